The maximum absolute atomic E-state index is 12.7. The number of benzene rings is 1. The lowest BCUT2D eigenvalue weighted by Crippen LogP contribution is -2.16. The summed E-state index contributed by atoms with van der Waals surface area (Å²) in [5.41, 5.74) is 7.53. The molecular formula is C18H13N5O2S. The number of carbonyl (C=O) groups is 2. The van der Waals surface area contributed by atoms with Gasteiger partial charge in [0.25, 0.3) is 5.91 Å². The minimum absolute atomic E-state index is 0.369. The van der Waals surface area contributed by atoms with Crippen LogP contribution < -0.4 is 10.5 Å². The van der Waals surface area contributed by atoms with E-state index in [1.165, 1.54) is 11.3 Å². The molecule has 0 spiro atoms. The molecule has 0 saturated heterocycles. The van der Waals surface area contributed by atoms with E-state index >= 15 is 0 Å². The van der Waals surface area contributed by atoms with Crippen molar-refractivity contribution in [2.45, 2.75) is 0 Å². The van der Waals surface area contributed by atoms with Crippen molar-refractivity contribution in [3.63, 3.8) is 0 Å². The van der Waals surface area contributed by atoms with Crippen LogP contribution in [0.2, 0.25) is 0 Å². The van der Waals surface area contributed by atoms with Crippen LogP contribution in [0.3, 0.4) is 0 Å². The summed E-state index contributed by atoms with van der Waals surface area (Å²) in [5.74, 6) is -0.880. The number of thiazole rings is 1. The fourth-order valence-corrected chi connectivity index (χ4v) is 3.36. The first kappa shape index (κ1) is 16.0. The lowest BCUT2D eigenvalue weighted by molar-refractivity contribution is 0.0991. The smallest absolute Gasteiger partial charge is 0.281 e. The second-order valence-electron chi connectivity index (χ2n) is 5.49. The van der Waals surface area contributed by atoms with Crippen LogP contribution in [-0.4, -0.2) is 26.3 Å². The van der Waals surface area contributed by atoms with Gasteiger partial charge in [-0.05, 0) is 30.3 Å². The number of H-pyrrole nitrogens is 1. The van der Waals surface area contributed by atoms with E-state index in [9.17, 15) is 9.59 Å². The van der Waals surface area contributed by atoms with Crippen molar-refractivity contribution in [3.05, 3.63) is 76.3 Å². The summed E-state index contributed by atoms with van der Waals surface area (Å²) in [4.78, 5) is 35.9. The van der Waals surface area contributed by atoms with Crippen LogP contribution in [0.1, 0.15) is 20.7 Å². The fourth-order valence-electron chi connectivity index (χ4n) is 2.64. The van der Waals surface area contributed by atoms with Crippen LogP contribution in [0.15, 0.2) is 65.4 Å². The van der Waals surface area contributed by atoms with Crippen molar-refractivity contribution in [1.29, 1.82) is 0 Å². The Labute approximate surface area is 151 Å². The molecule has 0 bridgehead atoms. The molecule has 0 aliphatic rings. The zero-order valence-corrected chi connectivity index (χ0v) is 14.2. The molecule has 1 aromatic carbocycles. The van der Waals surface area contributed by atoms with Crippen LogP contribution in [0.25, 0.3) is 16.7 Å². The van der Waals surface area contributed by atoms with Gasteiger partial charge in [0.1, 0.15) is 5.65 Å². The number of pyridine rings is 1. The molecule has 0 fully saturated rings. The quantitative estimate of drug-likeness (QED) is 0.583. The molecule has 4 rings (SSSR count). The highest BCUT2D eigenvalue weighted by Crippen LogP contribution is 2.16. The number of aromatic nitrogens is 3. The molecule has 0 unspecified atom stereocenters. The molecule has 0 radical (unpaired) electrons. The monoisotopic (exact) mass is 363 g/mol. The highest BCUT2D eigenvalue weighted by Gasteiger charge is 2.12. The number of nitrogens with one attached hydrogen (secondary N) is 1. The molecule has 0 aliphatic heterocycles. The van der Waals surface area contributed by atoms with Crippen LogP contribution >= 0.6 is 11.3 Å². The Morgan fingerprint density at radius 1 is 1.23 bits per heavy atom. The topological polar surface area (TPSA) is 106 Å². The van der Waals surface area contributed by atoms with Crippen molar-refractivity contribution in [2.24, 2.45) is 10.7 Å². The SMILES string of the molecule is NC(=O)c1cccc(-n2ccs/c2=N\C(=O)c2c[nH]c3ncccc23)c1. The summed E-state index contributed by atoms with van der Waals surface area (Å²) in [6.07, 6.45) is 5.05. The van der Waals surface area contributed by atoms with E-state index in [4.69, 9.17) is 5.73 Å². The van der Waals surface area contributed by atoms with E-state index in [-0.39, 0.29) is 5.91 Å². The number of fused-ring (bicyclic) bond motifs is 1. The van der Waals surface area contributed by atoms with E-state index in [0.717, 1.165) is 5.39 Å². The number of amides is 2. The first-order chi connectivity index (χ1) is 12.6. The third-order valence-electron chi connectivity index (χ3n) is 3.88. The first-order valence-corrected chi connectivity index (χ1v) is 8.59. The number of hydrogen-bond acceptors (Lipinski definition) is 4. The molecule has 3 aromatic heterocycles. The Morgan fingerprint density at radius 3 is 2.96 bits per heavy atom. The van der Waals surface area contributed by atoms with E-state index < -0.39 is 5.91 Å². The molecule has 7 nitrogen and oxygen atoms in total. The van der Waals surface area contributed by atoms with Crippen LogP contribution in [0.4, 0.5) is 0 Å². The molecule has 128 valence electrons. The standard InChI is InChI=1S/C18H13N5O2S/c19-15(24)11-3-1-4-12(9-11)23-7-8-26-18(23)22-17(25)14-10-21-16-13(14)5-2-6-20-16/h1-10H,(H2,19,24)(H,20,21)/b22-18-. The number of hydrogen-bond donors (Lipinski definition) is 2. The lowest BCUT2D eigenvalue weighted by Gasteiger charge is -2.04. The Bertz CT molecular complexity index is 1200. The number of aromatic amines is 1. The van der Waals surface area contributed by atoms with Crippen molar-refractivity contribution in [1.82, 2.24) is 14.5 Å². The van der Waals surface area contributed by atoms with Gasteiger partial charge in [0.2, 0.25) is 5.91 Å². The average molecular weight is 363 g/mol. The highest BCUT2D eigenvalue weighted by molar-refractivity contribution is 7.07. The summed E-state index contributed by atoms with van der Waals surface area (Å²) in [6.45, 7) is 0. The van der Waals surface area contributed by atoms with Gasteiger partial charge in [-0.3, -0.25) is 14.2 Å². The van der Waals surface area contributed by atoms with Gasteiger partial charge in [-0.1, -0.05) is 6.07 Å². The summed E-state index contributed by atoms with van der Waals surface area (Å²) in [7, 11) is 0. The molecule has 26 heavy (non-hydrogen) atoms. The van der Waals surface area contributed by atoms with Crippen LogP contribution in [-0.2, 0) is 0 Å². The average Bonchev–Trinajstić information content (AvgIpc) is 3.28. The summed E-state index contributed by atoms with van der Waals surface area (Å²) in [6, 6.07) is 10.4. The molecule has 2 amide bonds. The van der Waals surface area contributed by atoms with Gasteiger partial charge < -0.3 is 10.7 Å². The summed E-state index contributed by atoms with van der Waals surface area (Å²) in [5, 5.41) is 2.54. The van der Waals surface area contributed by atoms with Gasteiger partial charge in [-0.25, -0.2) is 4.98 Å². The largest absolute Gasteiger partial charge is 0.366 e. The zero-order chi connectivity index (χ0) is 18.1. The molecule has 3 heterocycles. The van der Waals surface area contributed by atoms with Gasteiger partial charge in [-0.15, -0.1) is 11.3 Å². The van der Waals surface area contributed by atoms with Crippen molar-refractivity contribution < 1.29 is 9.59 Å². The van der Waals surface area contributed by atoms with Crippen molar-refractivity contribution >= 4 is 34.2 Å². The first-order valence-electron chi connectivity index (χ1n) is 7.71. The van der Waals surface area contributed by atoms with Crippen LogP contribution in [0, 0.1) is 0 Å². The van der Waals surface area contributed by atoms with Gasteiger partial charge in [0, 0.05) is 40.6 Å². The molecule has 0 aliphatic carbocycles. The number of nitrogens with two attached hydrogens (primary N) is 1. The Morgan fingerprint density at radius 2 is 2.12 bits per heavy atom. The second-order valence-corrected chi connectivity index (χ2v) is 6.36. The van der Waals surface area contributed by atoms with Gasteiger partial charge in [0.15, 0.2) is 4.80 Å². The van der Waals surface area contributed by atoms with Gasteiger partial charge >= 0.3 is 0 Å². The number of carbonyl (C=O) groups excluding carboxylic acids is 2. The lowest BCUT2D eigenvalue weighted by atomic mass is 10.2. The molecule has 8 heteroatoms. The third kappa shape index (κ3) is 2.82. The van der Waals surface area contributed by atoms with Crippen molar-refractivity contribution in [2.75, 3.05) is 0 Å². The summed E-state index contributed by atoms with van der Waals surface area (Å²) >= 11 is 1.32. The predicted molar refractivity (Wildman–Crippen MR) is 98.2 cm³/mol. The zero-order valence-electron chi connectivity index (χ0n) is 13.4. The molecule has 3 N–H and O–H groups in total. The highest BCUT2D eigenvalue weighted by atomic mass is 32.1. The van der Waals surface area contributed by atoms with E-state index in [1.54, 1.807) is 47.4 Å². The van der Waals surface area contributed by atoms with Gasteiger partial charge in [0.05, 0.1) is 5.56 Å². The molecule has 0 atom stereocenters. The minimum atomic E-state index is -0.511. The van der Waals surface area contributed by atoms with Crippen molar-refractivity contribution in [3.8, 4) is 5.69 Å². The van der Waals surface area contributed by atoms with E-state index in [1.807, 2.05) is 17.5 Å². The van der Waals surface area contributed by atoms with Crippen LogP contribution in [0.5, 0.6) is 0 Å². The van der Waals surface area contributed by atoms with E-state index in [0.29, 0.717) is 27.3 Å². The number of nitrogens with zero attached hydrogens (tertiary/aromatic N) is 3. The van der Waals surface area contributed by atoms with Gasteiger partial charge in [-0.2, -0.15) is 4.99 Å². The number of rotatable bonds is 3. The maximum Gasteiger partial charge on any atom is 0.281 e. The minimum Gasteiger partial charge on any atom is -0.366 e. The predicted octanol–water partition coefficient (Wildman–Crippen LogP) is 2.26. The maximum atomic E-state index is 12.7. The molecular weight excluding hydrogens is 350 g/mol. The number of primary amides is 1. The Hall–Kier alpha value is -3.52. The molecule has 0 saturated carbocycles. The third-order valence-corrected chi connectivity index (χ3v) is 4.63. The summed E-state index contributed by atoms with van der Waals surface area (Å²) < 4.78 is 1.74. The second kappa shape index (κ2) is 6.41. The Kier molecular flexibility index (Phi) is 3.94. The molecule has 4 aromatic rings. The Balaban J connectivity index is 1.78. The normalized spacial score (nSPS) is 11.8. The fraction of sp³-hybridized carbons (Fsp3) is 0. The van der Waals surface area contributed by atoms with E-state index in [2.05, 4.69) is 15.0 Å².